The first-order chi connectivity index (χ1) is 9.61. The Morgan fingerprint density at radius 3 is 2.90 bits per heavy atom. The highest BCUT2D eigenvalue weighted by Crippen LogP contribution is 2.26. The number of nitriles is 1. The number of nitrogens with one attached hydrogen (secondary N) is 1. The quantitative estimate of drug-likeness (QED) is 0.651. The van der Waals surface area contributed by atoms with Gasteiger partial charge in [0.05, 0.1) is 22.7 Å². The SMILES string of the molecule is N#Cc1ccc([N+](=O)[O-])c(NCC(O)c2ccsc2)c1. The van der Waals surface area contributed by atoms with Crippen LogP contribution in [0.3, 0.4) is 0 Å². The topological polar surface area (TPSA) is 99.2 Å². The zero-order valence-electron chi connectivity index (χ0n) is 10.3. The molecule has 20 heavy (non-hydrogen) atoms. The average molecular weight is 289 g/mol. The van der Waals surface area contributed by atoms with Gasteiger partial charge in [0.15, 0.2) is 0 Å². The molecule has 0 saturated carbocycles. The average Bonchev–Trinajstić information content (AvgIpc) is 2.98. The molecule has 0 fully saturated rings. The molecule has 0 radical (unpaired) electrons. The summed E-state index contributed by atoms with van der Waals surface area (Å²) in [4.78, 5) is 10.4. The summed E-state index contributed by atoms with van der Waals surface area (Å²) >= 11 is 1.46. The van der Waals surface area contributed by atoms with E-state index in [1.807, 2.05) is 16.8 Å². The predicted molar refractivity (Wildman–Crippen MR) is 75.6 cm³/mol. The highest BCUT2D eigenvalue weighted by Gasteiger charge is 2.16. The third-order valence-electron chi connectivity index (χ3n) is 2.74. The molecule has 0 saturated heterocycles. The van der Waals surface area contributed by atoms with Crippen LogP contribution in [0.15, 0.2) is 35.0 Å². The van der Waals surface area contributed by atoms with Crippen LogP contribution in [-0.4, -0.2) is 16.6 Å². The van der Waals surface area contributed by atoms with Crippen molar-refractivity contribution in [2.24, 2.45) is 0 Å². The van der Waals surface area contributed by atoms with Gasteiger partial charge in [-0.3, -0.25) is 10.1 Å². The van der Waals surface area contributed by atoms with Gasteiger partial charge in [-0.05, 0) is 34.5 Å². The van der Waals surface area contributed by atoms with Crippen molar-refractivity contribution in [1.82, 2.24) is 0 Å². The van der Waals surface area contributed by atoms with E-state index in [4.69, 9.17) is 5.26 Å². The minimum Gasteiger partial charge on any atom is -0.387 e. The Balaban J connectivity index is 2.16. The Hall–Kier alpha value is -2.43. The van der Waals surface area contributed by atoms with Crippen molar-refractivity contribution in [3.8, 4) is 6.07 Å². The maximum Gasteiger partial charge on any atom is 0.292 e. The molecule has 0 spiro atoms. The van der Waals surface area contributed by atoms with Gasteiger partial charge in [0, 0.05) is 12.6 Å². The van der Waals surface area contributed by atoms with E-state index in [0.29, 0.717) is 5.56 Å². The van der Waals surface area contributed by atoms with Crippen molar-refractivity contribution in [1.29, 1.82) is 5.26 Å². The van der Waals surface area contributed by atoms with E-state index >= 15 is 0 Å². The van der Waals surface area contributed by atoms with Gasteiger partial charge in [0.1, 0.15) is 5.69 Å². The first-order valence-corrected chi connectivity index (χ1v) is 6.68. The number of aliphatic hydroxyl groups excluding tert-OH is 1. The minimum absolute atomic E-state index is 0.124. The monoisotopic (exact) mass is 289 g/mol. The first kappa shape index (κ1) is 14.0. The lowest BCUT2D eigenvalue weighted by molar-refractivity contribution is -0.384. The van der Waals surface area contributed by atoms with Crippen molar-refractivity contribution in [3.05, 3.63) is 56.3 Å². The second-order valence-electron chi connectivity index (χ2n) is 4.05. The molecule has 1 aromatic heterocycles. The fourth-order valence-corrected chi connectivity index (χ4v) is 2.40. The van der Waals surface area contributed by atoms with E-state index in [1.165, 1.54) is 29.5 Å². The number of nitrogens with zero attached hydrogens (tertiary/aromatic N) is 2. The van der Waals surface area contributed by atoms with E-state index in [0.717, 1.165) is 5.56 Å². The van der Waals surface area contributed by atoms with Gasteiger partial charge in [0.25, 0.3) is 5.69 Å². The highest BCUT2D eigenvalue weighted by molar-refractivity contribution is 7.07. The van der Waals surface area contributed by atoms with E-state index < -0.39 is 11.0 Å². The van der Waals surface area contributed by atoms with Crippen LogP contribution in [0.1, 0.15) is 17.2 Å². The van der Waals surface area contributed by atoms with Crippen molar-refractivity contribution >= 4 is 22.7 Å². The second-order valence-corrected chi connectivity index (χ2v) is 4.83. The molecule has 6 nitrogen and oxygen atoms in total. The molecule has 7 heteroatoms. The summed E-state index contributed by atoms with van der Waals surface area (Å²) < 4.78 is 0. The van der Waals surface area contributed by atoms with Crippen LogP contribution in [0.25, 0.3) is 0 Å². The van der Waals surface area contributed by atoms with Crippen LogP contribution in [-0.2, 0) is 0 Å². The lowest BCUT2D eigenvalue weighted by atomic mass is 10.1. The molecule has 2 aromatic rings. The zero-order chi connectivity index (χ0) is 14.5. The van der Waals surface area contributed by atoms with Crippen LogP contribution in [0.5, 0.6) is 0 Å². The van der Waals surface area contributed by atoms with Gasteiger partial charge < -0.3 is 10.4 Å². The summed E-state index contributed by atoms with van der Waals surface area (Å²) in [6, 6.07) is 7.78. The summed E-state index contributed by atoms with van der Waals surface area (Å²) in [5.74, 6) is 0. The molecule has 0 bridgehead atoms. The molecule has 1 unspecified atom stereocenters. The van der Waals surface area contributed by atoms with Crippen molar-refractivity contribution in [2.45, 2.75) is 6.10 Å². The van der Waals surface area contributed by atoms with Gasteiger partial charge in [-0.1, -0.05) is 0 Å². The highest BCUT2D eigenvalue weighted by atomic mass is 32.1. The molecule has 1 heterocycles. The van der Waals surface area contributed by atoms with E-state index in [2.05, 4.69) is 5.32 Å². The molecule has 2 rings (SSSR count). The zero-order valence-corrected chi connectivity index (χ0v) is 11.1. The van der Waals surface area contributed by atoms with Crippen LogP contribution >= 0.6 is 11.3 Å². The molecule has 0 amide bonds. The maximum atomic E-state index is 10.9. The van der Waals surface area contributed by atoms with Crippen LogP contribution in [0, 0.1) is 21.4 Å². The number of nitro benzene ring substituents is 1. The van der Waals surface area contributed by atoms with Gasteiger partial charge in [-0.2, -0.15) is 16.6 Å². The van der Waals surface area contributed by atoms with Crippen LogP contribution in [0.2, 0.25) is 0 Å². The van der Waals surface area contributed by atoms with Gasteiger partial charge >= 0.3 is 0 Å². The number of hydrogen-bond acceptors (Lipinski definition) is 6. The van der Waals surface area contributed by atoms with Crippen LogP contribution in [0.4, 0.5) is 11.4 Å². The summed E-state index contributed by atoms with van der Waals surface area (Å²) in [5.41, 5.74) is 1.18. The molecule has 2 N–H and O–H groups in total. The Morgan fingerprint density at radius 2 is 2.30 bits per heavy atom. The van der Waals surface area contributed by atoms with E-state index in [-0.39, 0.29) is 17.9 Å². The fourth-order valence-electron chi connectivity index (χ4n) is 1.70. The smallest absolute Gasteiger partial charge is 0.292 e. The molecular weight excluding hydrogens is 278 g/mol. The first-order valence-electron chi connectivity index (χ1n) is 5.74. The lowest BCUT2D eigenvalue weighted by Gasteiger charge is -2.12. The lowest BCUT2D eigenvalue weighted by Crippen LogP contribution is -2.12. The molecular formula is C13H11N3O3S. The van der Waals surface area contributed by atoms with Crippen LogP contribution < -0.4 is 5.32 Å². The van der Waals surface area contributed by atoms with Gasteiger partial charge in [-0.25, -0.2) is 0 Å². The van der Waals surface area contributed by atoms with Crippen molar-refractivity contribution in [3.63, 3.8) is 0 Å². The number of aliphatic hydroxyl groups is 1. The van der Waals surface area contributed by atoms with E-state index in [9.17, 15) is 15.2 Å². The summed E-state index contributed by atoms with van der Waals surface area (Å²) in [5, 5.41) is 36.2. The number of thiophene rings is 1. The number of benzene rings is 1. The molecule has 0 aliphatic rings. The molecule has 1 atom stereocenters. The summed E-state index contributed by atoms with van der Waals surface area (Å²) in [6.07, 6.45) is -0.758. The predicted octanol–water partition coefficient (Wildman–Crippen LogP) is 2.67. The third-order valence-corrected chi connectivity index (χ3v) is 3.44. The number of rotatable bonds is 5. The van der Waals surface area contributed by atoms with Gasteiger partial charge in [0.2, 0.25) is 0 Å². The Morgan fingerprint density at radius 1 is 1.50 bits per heavy atom. The normalized spacial score (nSPS) is 11.6. The second kappa shape index (κ2) is 6.14. The molecule has 1 aromatic carbocycles. The Labute approximate surface area is 119 Å². The largest absolute Gasteiger partial charge is 0.387 e. The number of nitro groups is 1. The van der Waals surface area contributed by atoms with Crippen molar-refractivity contribution < 1.29 is 10.0 Å². The molecule has 0 aliphatic carbocycles. The Kier molecular flexibility index (Phi) is 4.30. The maximum absolute atomic E-state index is 10.9. The van der Waals surface area contributed by atoms with E-state index in [1.54, 1.807) is 6.07 Å². The third kappa shape index (κ3) is 3.12. The molecule has 0 aliphatic heterocycles. The van der Waals surface area contributed by atoms with Crippen molar-refractivity contribution in [2.75, 3.05) is 11.9 Å². The fraction of sp³-hybridized carbons (Fsp3) is 0.154. The summed E-state index contributed by atoms with van der Waals surface area (Å²) in [7, 11) is 0. The van der Waals surface area contributed by atoms with Gasteiger partial charge in [-0.15, -0.1) is 0 Å². The minimum atomic E-state index is -0.758. The Bertz CT molecular complexity index is 649. The standard InChI is InChI=1S/C13H11N3O3S/c14-6-9-1-2-12(16(18)19)11(5-9)15-7-13(17)10-3-4-20-8-10/h1-5,8,13,15,17H,7H2. The summed E-state index contributed by atoms with van der Waals surface area (Å²) in [6.45, 7) is 0.131. The number of anilines is 1. The molecule has 102 valence electrons. The number of hydrogen-bond donors (Lipinski definition) is 2.